The number of hydrogen-bond acceptors (Lipinski definition) is 4. The molecule has 0 radical (unpaired) electrons. The molecule has 0 amide bonds. The molecular formula is C9H20N2O2. The predicted octanol–water partition coefficient (Wildman–Crippen LogP) is -0.801. The van der Waals surface area contributed by atoms with Crippen LogP contribution < -0.4 is 11.1 Å². The van der Waals surface area contributed by atoms with E-state index in [-0.39, 0.29) is 6.61 Å². The van der Waals surface area contributed by atoms with E-state index >= 15 is 0 Å². The van der Waals surface area contributed by atoms with Gasteiger partial charge < -0.3 is 21.3 Å². The Kier molecular flexibility index (Phi) is 4.66. The van der Waals surface area contributed by atoms with Crippen LogP contribution in [0.25, 0.3) is 0 Å². The molecular weight excluding hydrogens is 168 g/mol. The van der Waals surface area contributed by atoms with Crippen molar-refractivity contribution in [3.63, 3.8) is 0 Å². The van der Waals surface area contributed by atoms with E-state index in [4.69, 9.17) is 15.9 Å². The maximum atomic E-state index is 9.10. The normalized spacial score (nSPS) is 31.6. The molecule has 0 aliphatic heterocycles. The first-order chi connectivity index (χ1) is 6.22. The van der Waals surface area contributed by atoms with Gasteiger partial charge in [-0.1, -0.05) is 0 Å². The van der Waals surface area contributed by atoms with Gasteiger partial charge in [0.15, 0.2) is 0 Å². The van der Waals surface area contributed by atoms with E-state index in [0.717, 1.165) is 25.7 Å². The number of nitrogens with two attached hydrogens (primary N) is 1. The maximum absolute atomic E-state index is 9.10. The standard InChI is InChI=1S/C9H20N2O2/c10-7-1-3-8(4-2-7)11-5-9(13)6-12/h7-9,11-13H,1-6,10H2. The van der Waals surface area contributed by atoms with Crippen LogP contribution in [-0.2, 0) is 0 Å². The summed E-state index contributed by atoms with van der Waals surface area (Å²) in [4.78, 5) is 0. The third-order valence-corrected chi connectivity index (χ3v) is 2.62. The number of aliphatic hydroxyl groups is 2. The van der Waals surface area contributed by atoms with Crippen LogP contribution in [0.5, 0.6) is 0 Å². The predicted molar refractivity (Wildman–Crippen MR) is 51.3 cm³/mol. The minimum atomic E-state index is -0.629. The van der Waals surface area contributed by atoms with Crippen LogP contribution in [0.1, 0.15) is 25.7 Å². The van der Waals surface area contributed by atoms with Gasteiger partial charge in [0.05, 0.1) is 12.7 Å². The van der Waals surface area contributed by atoms with Crippen LogP contribution in [-0.4, -0.2) is 41.6 Å². The lowest BCUT2D eigenvalue weighted by Gasteiger charge is -2.27. The van der Waals surface area contributed by atoms with E-state index < -0.39 is 6.10 Å². The van der Waals surface area contributed by atoms with E-state index in [2.05, 4.69) is 5.32 Å². The van der Waals surface area contributed by atoms with Gasteiger partial charge >= 0.3 is 0 Å². The highest BCUT2D eigenvalue weighted by atomic mass is 16.3. The fraction of sp³-hybridized carbons (Fsp3) is 1.00. The Balaban J connectivity index is 2.08. The molecule has 1 rings (SSSR count). The van der Waals surface area contributed by atoms with Gasteiger partial charge in [-0.15, -0.1) is 0 Å². The van der Waals surface area contributed by atoms with E-state index in [1.165, 1.54) is 0 Å². The van der Waals surface area contributed by atoms with Crippen molar-refractivity contribution in [3.05, 3.63) is 0 Å². The summed E-state index contributed by atoms with van der Waals surface area (Å²) in [6, 6.07) is 0.835. The van der Waals surface area contributed by atoms with Crippen LogP contribution in [0.15, 0.2) is 0 Å². The summed E-state index contributed by atoms with van der Waals surface area (Å²) >= 11 is 0. The lowest BCUT2D eigenvalue weighted by Crippen LogP contribution is -2.41. The highest BCUT2D eigenvalue weighted by molar-refractivity contribution is 4.79. The van der Waals surface area contributed by atoms with Crippen molar-refractivity contribution in [3.8, 4) is 0 Å². The Hall–Kier alpha value is -0.160. The minimum absolute atomic E-state index is 0.167. The summed E-state index contributed by atoms with van der Waals surface area (Å²) in [6.07, 6.45) is 3.66. The summed E-state index contributed by atoms with van der Waals surface area (Å²) in [6.45, 7) is 0.315. The van der Waals surface area contributed by atoms with Crippen molar-refractivity contribution < 1.29 is 10.2 Å². The highest BCUT2D eigenvalue weighted by Crippen LogP contribution is 2.16. The number of hydrogen-bond donors (Lipinski definition) is 4. The monoisotopic (exact) mass is 188 g/mol. The van der Waals surface area contributed by atoms with Gasteiger partial charge in [0, 0.05) is 18.6 Å². The van der Waals surface area contributed by atoms with Crippen molar-refractivity contribution in [1.29, 1.82) is 0 Å². The first-order valence-corrected chi connectivity index (χ1v) is 5.00. The average molecular weight is 188 g/mol. The number of aliphatic hydroxyl groups excluding tert-OH is 2. The molecule has 5 N–H and O–H groups in total. The maximum Gasteiger partial charge on any atom is 0.0895 e. The molecule has 0 saturated heterocycles. The van der Waals surface area contributed by atoms with Gasteiger partial charge in [-0.3, -0.25) is 0 Å². The quantitative estimate of drug-likeness (QED) is 0.466. The molecule has 78 valence electrons. The molecule has 1 unspecified atom stereocenters. The van der Waals surface area contributed by atoms with Gasteiger partial charge in [0.1, 0.15) is 0 Å². The van der Waals surface area contributed by atoms with Gasteiger partial charge in [-0.05, 0) is 25.7 Å². The van der Waals surface area contributed by atoms with Gasteiger partial charge in [-0.2, -0.15) is 0 Å². The zero-order valence-corrected chi connectivity index (χ0v) is 7.95. The van der Waals surface area contributed by atoms with Crippen LogP contribution >= 0.6 is 0 Å². The van der Waals surface area contributed by atoms with Crippen LogP contribution in [0.4, 0.5) is 0 Å². The van der Waals surface area contributed by atoms with E-state index in [1.54, 1.807) is 0 Å². The van der Waals surface area contributed by atoms with Crippen LogP contribution in [0.2, 0.25) is 0 Å². The third kappa shape index (κ3) is 4.04. The number of nitrogens with one attached hydrogen (secondary N) is 1. The Bertz CT molecular complexity index is 136. The summed E-state index contributed by atoms with van der Waals surface area (Å²) in [5.74, 6) is 0. The molecule has 0 aromatic rings. The summed E-state index contributed by atoms with van der Waals surface area (Å²) in [7, 11) is 0. The largest absolute Gasteiger partial charge is 0.394 e. The zero-order valence-electron chi connectivity index (χ0n) is 7.95. The van der Waals surface area contributed by atoms with Gasteiger partial charge in [0.2, 0.25) is 0 Å². The number of rotatable bonds is 4. The van der Waals surface area contributed by atoms with Crippen molar-refractivity contribution in [1.82, 2.24) is 5.32 Å². The molecule has 1 aliphatic rings. The molecule has 0 heterocycles. The molecule has 0 spiro atoms. The molecule has 13 heavy (non-hydrogen) atoms. The van der Waals surface area contributed by atoms with Crippen LogP contribution in [0, 0.1) is 0 Å². The molecule has 4 heteroatoms. The summed E-state index contributed by atoms with van der Waals surface area (Å²) in [5, 5.41) is 20.9. The molecule has 0 bridgehead atoms. The first-order valence-electron chi connectivity index (χ1n) is 5.00. The second-order valence-corrected chi connectivity index (χ2v) is 3.86. The van der Waals surface area contributed by atoms with E-state index in [9.17, 15) is 0 Å². The molecule has 1 fully saturated rings. The lowest BCUT2D eigenvalue weighted by atomic mass is 9.92. The Labute approximate surface area is 79.1 Å². The molecule has 1 saturated carbocycles. The minimum Gasteiger partial charge on any atom is -0.394 e. The molecule has 1 aliphatic carbocycles. The van der Waals surface area contributed by atoms with Crippen molar-refractivity contribution in [2.75, 3.05) is 13.2 Å². The third-order valence-electron chi connectivity index (χ3n) is 2.62. The second-order valence-electron chi connectivity index (χ2n) is 3.86. The topological polar surface area (TPSA) is 78.5 Å². The highest BCUT2D eigenvalue weighted by Gasteiger charge is 2.18. The molecule has 0 aromatic heterocycles. The molecule has 0 aromatic carbocycles. The lowest BCUT2D eigenvalue weighted by molar-refractivity contribution is 0.0901. The van der Waals surface area contributed by atoms with E-state index in [1.807, 2.05) is 0 Å². The fourth-order valence-corrected chi connectivity index (χ4v) is 1.69. The SMILES string of the molecule is NC1CCC(NCC(O)CO)CC1. The van der Waals surface area contributed by atoms with Crippen molar-refractivity contribution in [2.24, 2.45) is 5.73 Å². The summed E-state index contributed by atoms with van der Waals surface area (Å²) in [5.41, 5.74) is 5.76. The van der Waals surface area contributed by atoms with Crippen LogP contribution in [0.3, 0.4) is 0 Å². The van der Waals surface area contributed by atoms with Crippen molar-refractivity contribution in [2.45, 2.75) is 43.9 Å². The van der Waals surface area contributed by atoms with Gasteiger partial charge in [-0.25, -0.2) is 0 Å². The van der Waals surface area contributed by atoms with E-state index in [0.29, 0.717) is 18.6 Å². The molecule has 1 atom stereocenters. The van der Waals surface area contributed by atoms with Gasteiger partial charge in [0.25, 0.3) is 0 Å². The average Bonchev–Trinajstić information content (AvgIpc) is 2.16. The Morgan fingerprint density at radius 1 is 1.31 bits per heavy atom. The Morgan fingerprint density at radius 2 is 1.92 bits per heavy atom. The molecule has 4 nitrogen and oxygen atoms in total. The second kappa shape index (κ2) is 5.54. The van der Waals surface area contributed by atoms with Crippen molar-refractivity contribution >= 4 is 0 Å². The summed E-state index contributed by atoms with van der Waals surface area (Å²) < 4.78 is 0. The first kappa shape index (κ1) is 10.9. The zero-order chi connectivity index (χ0) is 9.68. The fourth-order valence-electron chi connectivity index (χ4n) is 1.69. The smallest absolute Gasteiger partial charge is 0.0895 e. The Morgan fingerprint density at radius 3 is 2.46 bits per heavy atom.